The molecule has 2 nitrogen and oxygen atoms in total. The van der Waals surface area contributed by atoms with Gasteiger partial charge in [0.15, 0.2) is 0 Å². The molecule has 2 rings (SSSR count). The van der Waals surface area contributed by atoms with Crippen LogP contribution in [0.15, 0.2) is 29.2 Å². The summed E-state index contributed by atoms with van der Waals surface area (Å²) < 4.78 is 0. The zero-order chi connectivity index (χ0) is 12.8. The number of aliphatic hydroxyl groups is 1. The first kappa shape index (κ1) is 13.9. The van der Waals surface area contributed by atoms with Crippen LogP contribution in [0.1, 0.15) is 38.2 Å². The lowest BCUT2D eigenvalue weighted by molar-refractivity contribution is 0.191. The lowest BCUT2D eigenvalue weighted by atomic mass is 10.2. The van der Waals surface area contributed by atoms with E-state index in [1.54, 1.807) is 6.92 Å². The highest BCUT2D eigenvalue weighted by atomic mass is 32.2. The molecule has 18 heavy (non-hydrogen) atoms. The summed E-state index contributed by atoms with van der Waals surface area (Å²) in [7, 11) is 0. The van der Waals surface area contributed by atoms with Gasteiger partial charge < -0.3 is 10.4 Å². The Hall–Kier alpha value is -0.510. The topological polar surface area (TPSA) is 32.3 Å². The lowest BCUT2D eigenvalue weighted by Gasteiger charge is -2.10. The molecule has 0 heterocycles. The molecule has 1 aliphatic carbocycles. The van der Waals surface area contributed by atoms with E-state index in [1.165, 1.54) is 36.1 Å². The zero-order valence-electron chi connectivity index (χ0n) is 11.1. The van der Waals surface area contributed by atoms with E-state index in [0.717, 1.165) is 11.8 Å². The second-order valence-corrected chi connectivity index (χ2v) is 6.52. The van der Waals surface area contributed by atoms with Crippen molar-refractivity contribution in [2.24, 2.45) is 0 Å². The molecule has 3 heteroatoms. The molecule has 0 aliphatic heterocycles. The monoisotopic (exact) mass is 265 g/mol. The van der Waals surface area contributed by atoms with Crippen molar-refractivity contribution in [2.45, 2.75) is 55.4 Å². The van der Waals surface area contributed by atoms with E-state index >= 15 is 0 Å². The standard InChI is InChI=1S/C15H23NOS/c1-12(17)10-16-11-13-6-8-15(9-7-13)18-14-4-2-3-5-14/h6-9,12,14,16-17H,2-5,10-11H2,1H3. The molecule has 1 fully saturated rings. The Kier molecular flexibility index (Phi) is 5.54. The van der Waals surface area contributed by atoms with E-state index in [-0.39, 0.29) is 6.10 Å². The molecular weight excluding hydrogens is 242 g/mol. The maximum atomic E-state index is 9.17. The fraction of sp³-hybridized carbons (Fsp3) is 0.600. The quantitative estimate of drug-likeness (QED) is 0.828. The van der Waals surface area contributed by atoms with Crippen molar-refractivity contribution in [3.63, 3.8) is 0 Å². The Bertz CT molecular complexity index is 344. The molecule has 2 N–H and O–H groups in total. The van der Waals surface area contributed by atoms with Crippen LogP contribution in [0, 0.1) is 0 Å². The molecule has 0 radical (unpaired) electrons. The van der Waals surface area contributed by atoms with Crippen molar-refractivity contribution in [1.29, 1.82) is 0 Å². The molecule has 100 valence electrons. The van der Waals surface area contributed by atoms with Gasteiger partial charge in [0.25, 0.3) is 0 Å². The van der Waals surface area contributed by atoms with Crippen LogP contribution in [0.4, 0.5) is 0 Å². The van der Waals surface area contributed by atoms with Gasteiger partial charge in [0.1, 0.15) is 0 Å². The minimum absolute atomic E-state index is 0.276. The Morgan fingerprint density at radius 2 is 1.94 bits per heavy atom. The van der Waals surface area contributed by atoms with Crippen molar-refractivity contribution in [1.82, 2.24) is 5.32 Å². The molecule has 0 amide bonds. The maximum absolute atomic E-state index is 9.17. The van der Waals surface area contributed by atoms with E-state index in [4.69, 9.17) is 5.11 Å². The van der Waals surface area contributed by atoms with Crippen LogP contribution < -0.4 is 5.32 Å². The van der Waals surface area contributed by atoms with Crippen LogP contribution in [0.25, 0.3) is 0 Å². The Labute approximate surface area is 114 Å². The predicted octanol–water partition coefficient (Wildman–Crippen LogP) is 3.19. The number of rotatable bonds is 6. The Balaban J connectivity index is 1.77. The fourth-order valence-corrected chi connectivity index (χ4v) is 3.56. The summed E-state index contributed by atoms with van der Waals surface area (Å²) in [6.45, 7) is 3.28. The first-order valence-electron chi connectivity index (χ1n) is 6.88. The Morgan fingerprint density at radius 1 is 1.28 bits per heavy atom. The number of hydrogen-bond donors (Lipinski definition) is 2. The molecule has 1 aromatic carbocycles. The largest absolute Gasteiger partial charge is 0.392 e. The van der Waals surface area contributed by atoms with Crippen molar-refractivity contribution in [2.75, 3.05) is 6.54 Å². The third-order valence-electron chi connectivity index (χ3n) is 3.30. The summed E-state index contributed by atoms with van der Waals surface area (Å²) in [6.07, 6.45) is 5.28. The summed E-state index contributed by atoms with van der Waals surface area (Å²) in [5.74, 6) is 0. The highest BCUT2D eigenvalue weighted by Crippen LogP contribution is 2.34. The van der Waals surface area contributed by atoms with Gasteiger partial charge in [0.2, 0.25) is 0 Å². The van der Waals surface area contributed by atoms with Gasteiger partial charge in [-0.05, 0) is 37.5 Å². The lowest BCUT2D eigenvalue weighted by Crippen LogP contribution is -2.23. The molecule has 0 aromatic heterocycles. The molecule has 0 bridgehead atoms. The normalized spacial score (nSPS) is 18.1. The number of nitrogens with one attached hydrogen (secondary N) is 1. The van der Waals surface area contributed by atoms with Crippen molar-refractivity contribution < 1.29 is 5.11 Å². The molecule has 0 spiro atoms. The van der Waals surface area contributed by atoms with Crippen molar-refractivity contribution >= 4 is 11.8 Å². The summed E-state index contributed by atoms with van der Waals surface area (Å²) in [6, 6.07) is 8.82. The van der Waals surface area contributed by atoms with E-state index in [0.29, 0.717) is 6.54 Å². The Morgan fingerprint density at radius 3 is 2.56 bits per heavy atom. The van der Waals surface area contributed by atoms with Crippen molar-refractivity contribution in [3.05, 3.63) is 29.8 Å². The summed E-state index contributed by atoms with van der Waals surface area (Å²) >= 11 is 2.03. The highest BCUT2D eigenvalue weighted by molar-refractivity contribution is 8.00. The SMILES string of the molecule is CC(O)CNCc1ccc(SC2CCCC2)cc1. The van der Waals surface area contributed by atoms with Gasteiger partial charge in [0.05, 0.1) is 6.10 Å². The van der Waals surface area contributed by atoms with Gasteiger partial charge in [-0.25, -0.2) is 0 Å². The van der Waals surface area contributed by atoms with Gasteiger partial charge in [-0.15, -0.1) is 11.8 Å². The van der Waals surface area contributed by atoms with E-state index in [2.05, 4.69) is 29.6 Å². The van der Waals surface area contributed by atoms with Crippen LogP contribution in [-0.4, -0.2) is 23.0 Å². The maximum Gasteiger partial charge on any atom is 0.0636 e. The van der Waals surface area contributed by atoms with Gasteiger partial charge >= 0.3 is 0 Å². The smallest absolute Gasteiger partial charge is 0.0636 e. The van der Waals surface area contributed by atoms with Crippen LogP contribution in [-0.2, 0) is 6.54 Å². The number of aliphatic hydroxyl groups excluding tert-OH is 1. The number of thioether (sulfide) groups is 1. The van der Waals surface area contributed by atoms with Crippen LogP contribution >= 0.6 is 11.8 Å². The van der Waals surface area contributed by atoms with E-state index < -0.39 is 0 Å². The molecule has 1 aliphatic rings. The second-order valence-electron chi connectivity index (χ2n) is 5.15. The molecule has 1 atom stereocenters. The van der Waals surface area contributed by atoms with Crippen LogP contribution in [0.3, 0.4) is 0 Å². The van der Waals surface area contributed by atoms with E-state index in [1.807, 2.05) is 11.8 Å². The van der Waals surface area contributed by atoms with Crippen LogP contribution in [0.2, 0.25) is 0 Å². The van der Waals surface area contributed by atoms with Gasteiger partial charge in [-0.3, -0.25) is 0 Å². The van der Waals surface area contributed by atoms with Crippen molar-refractivity contribution in [3.8, 4) is 0 Å². The van der Waals surface area contributed by atoms with E-state index in [9.17, 15) is 0 Å². The molecule has 1 unspecified atom stereocenters. The zero-order valence-corrected chi connectivity index (χ0v) is 11.9. The van der Waals surface area contributed by atoms with Gasteiger partial charge in [-0.2, -0.15) is 0 Å². The summed E-state index contributed by atoms with van der Waals surface area (Å²) in [4.78, 5) is 1.39. The fourth-order valence-electron chi connectivity index (χ4n) is 2.31. The molecular formula is C15H23NOS. The van der Waals surface area contributed by atoms with Gasteiger partial charge in [0, 0.05) is 23.2 Å². The molecule has 1 aromatic rings. The average Bonchev–Trinajstić information content (AvgIpc) is 2.84. The third kappa shape index (κ3) is 4.63. The van der Waals surface area contributed by atoms with Gasteiger partial charge in [-0.1, -0.05) is 25.0 Å². The third-order valence-corrected chi connectivity index (χ3v) is 4.65. The number of benzene rings is 1. The first-order valence-corrected chi connectivity index (χ1v) is 7.76. The highest BCUT2D eigenvalue weighted by Gasteiger charge is 2.15. The second kappa shape index (κ2) is 7.17. The van der Waals surface area contributed by atoms with Crippen LogP contribution in [0.5, 0.6) is 0 Å². The molecule has 0 saturated heterocycles. The first-order chi connectivity index (χ1) is 8.74. The minimum atomic E-state index is -0.276. The molecule has 1 saturated carbocycles. The minimum Gasteiger partial charge on any atom is -0.392 e. The predicted molar refractivity (Wildman–Crippen MR) is 77.9 cm³/mol. The average molecular weight is 265 g/mol. The number of hydrogen-bond acceptors (Lipinski definition) is 3. The summed E-state index contributed by atoms with van der Waals surface area (Å²) in [5, 5.41) is 13.2. The summed E-state index contributed by atoms with van der Waals surface area (Å²) in [5.41, 5.74) is 1.28.